The fourth-order valence-electron chi connectivity index (χ4n) is 1.28. The first-order chi connectivity index (χ1) is 6.70. The number of halogens is 1. The number of hydrogen-bond donors (Lipinski definition) is 2. The number of methoxy groups -OCH3 is 1. The van der Waals surface area contributed by atoms with Gasteiger partial charge in [0.05, 0.1) is 11.6 Å². The molecule has 0 radical (unpaired) electrons. The molecule has 0 aliphatic rings. The van der Waals surface area contributed by atoms with E-state index in [0.717, 1.165) is 5.56 Å². The van der Waals surface area contributed by atoms with Crippen molar-refractivity contribution in [3.63, 3.8) is 0 Å². The van der Waals surface area contributed by atoms with Crippen molar-refractivity contribution in [2.24, 2.45) is 0 Å². The summed E-state index contributed by atoms with van der Waals surface area (Å²) in [5, 5.41) is 18.3. The number of aliphatic hydroxyl groups is 1. The Kier molecular flexibility index (Phi) is 4.22. The van der Waals surface area contributed by atoms with Gasteiger partial charge < -0.3 is 14.9 Å². The number of aliphatic hydroxyl groups excluding tert-OH is 1. The van der Waals surface area contributed by atoms with Gasteiger partial charge in [-0.25, -0.2) is 0 Å². The molecule has 0 saturated heterocycles. The summed E-state index contributed by atoms with van der Waals surface area (Å²) >= 11 is 3.21. The van der Waals surface area contributed by atoms with Gasteiger partial charge in [0, 0.05) is 6.61 Å². The minimum absolute atomic E-state index is 0.114. The van der Waals surface area contributed by atoms with Crippen LogP contribution in [0, 0.1) is 0 Å². The van der Waals surface area contributed by atoms with Crippen LogP contribution in [0.5, 0.6) is 11.5 Å². The number of phenolic OH excluding ortho intramolecular Hbond substituents is 1. The highest BCUT2D eigenvalue weighted by molar-refractivity contribution is 9.10. The Hall–Kier alpha value is -0.740. The molecule has 78 valence electrons. The van der Waals surface area contributed by atoms with Crippen LogP contribution in [0.4, 0.5) is 0 Å². The summed E-state index contributed by atoms with van der Waals surface area (Å²) in [6, 6.07) is 3.64. The Morgan fingerprint density at radius 1 is 1.43 bits per heavy atom. The van der Waals surface area contributed by atoms with E-state index in [0.29, 0.717) is 23.1 Å². The molecule has 0 spiro atoms. The molecule has 0 unspecified atom stereocenters. The molecule has 0 atom stereocenters. The normalized spacial score (nSPS) is 10.2. The molecule has 0 aliphatic heterocycles. The zero-order valence-corrected chi connectivity index (χ0v) is 9.54. The van der Waals surface area contributed by atoms with Gasteiger partial charge in [-0.2, -0.15) is 0 Å². The SMILES string of the molecule is COc1c(CCCO)ccc(Br)c1O. The molecule has 0 heterocycles. The quantitative estimate of drug-likeness (QED) is 0.872. The van der Waals surface area contributed by atoms with Crippen LogP contribution in [0.1, 0.15) is 12.0 Å². The molecule has 0 amide bonds. The lowest BCUT2D eigenvalue weighted by molar-refractivity contribution is 0.287. The Balaban J connectivity index is 2.98. The number of rotatable bonds is 4. The van der Waals surface area contributed by atoms with Gasteiger partial charge in [0.2, 0.25) is 0 Å². The maximum Gasteiger partial charge on any atom is 0.172 e. The number of hydrogen-bond acceptors (Lipinski definition) is 3. The zero-order valence-electron chi connectivity index (χ0n) is 7.96. The number of benzene rings is 1. The maximum atomic E-state index is 9.64. The zero-order chi connectivity index (χ0) is 10.6. The summed E-state index contributed by atoms with van der Waals surface area (Å²) in [4.78, 5) is 0. The molecule has 0 saturated carbocycles. The first kappa shape index (κ1) is 11.3. The van der Waals surface area contributed by atoms with Gasteiger partial charge in [0.1, 0.15) is 0 Å². The molecule has 0 aromatic heterocycles. The van der Waals surface area contributed by atoms with E-state index in [2.05, 4.69) is 15.9 Å². The molecule has 14 heavy (non-hydrogen) atoms. The van der Waals surface area contributed by atoms with Gasteiger partial charge in [0.25, 0.3) is 0 Å². The Bertz CT molecular complexity index is 312. The van der Waals surface area contributed by atoms with Crippen molar-refractivity contribution in [1.82, 2.24) is 0 Å². The number of aryl methyl sites for hydroxylation is 1. The molecular formula is C10H13BrO3. The summed E-state index contributed by atoms with van der Waals surface area (Å²) in [6.07, 6.45) is 1.36. The van der Waals surface area contributed by atoms with Gasteiger partial charge in [-0.3, -0.25) is 0 Å². The van der Waals surface area contributed by atoms with Crippen molar-refractivity contribution in [3.8, 4) is 11.5 Å². The summed E-state index contributed by atoms with van der Waals surface area (Å²) < 4.78 is 5.71. The van der Waals surface area contributed by atoms with Crippen molar-refractivity contribution in [2.75, 3.05) is 13.7 Å². The minimum Gasteiger partial charge on any atom is -0.503 e. The van der Waals surface area contributed by atoms with E-state index in [1.165, 1.54) is 7.11 Å². The summed E-state index contributed by atoms with van der Waals surface area (Å²) in [7, 11) is 1.52. The van der Waals surface area contributed by atoms with E-state index in [-0.39, 0.29) is 12.4 Å². The molecule has 4 heteroatoms. The summed E-state index contributed by atoms with van der Waals surface area (Å²) in [6.45, 7) is 0.139. The minimum atomic E-state index is 0.114. The molecule has 1 aromatic rings. The first-order valence-electron chi connectivity index (χ1n) is 4.36. The van der Waals surface area contributed by atoms with E-state index < -0.39 is 0 Å². The summed E-state index contributed by atoms with van der Waals surface area (Å²) in [5.41, 5.74) is 0.905. The topological polar surface area (TPSA) is 49.7 Å². The predicted molar refractivity (Wildman–Crippen MR) is 57.8 cm³/mol. The van der Waals surface area contributed by atoms with Crippen molar-refractivity contribution < 1.29 is 14.9 Å². The van der Waals surface area contributed by atoms with Gasteiger partial charge >= 0.3 is 0 Å². The van der Waals surface area contributed by atoms with Gasteiger partial charge in [-0.05, 0) is 40.4 Å². The third kappa shape index (κ3) is 2.39. The number of ether oxygens (including phenoxy) is 1. The van der Waals surface area contributed by atoms with Crippen molar-refractivity contribution >= 4 is 15.9 Å². The Morgan fingerprint density at radius 2 is 2.14 bits per heavy atom. The molecule has 0 bridgehead atoms. The van der Waals surface area contributed by atoms with Crippen LogP contribution in [-0.4, -0.2) is 23.9 Å². The molecule has 0 aliphatic carbocycles. The standard InChI is InChI=1S/C10H13BrO3/c1-14-10-7(3-2-6-12)4-5-8(11)9(10)13/h4-5,12-13H,2-3,6H2,1H3. The highest BCUT2D eigenvalue weighted by Crippen LogP contribution is 2.37. The lowest BCUT2D eigenvalue weighted by Crippen LogP contribution is -1.95. The van der Waals surface area contributed by atoms with Crippen LogP contribution >= 0.6 is 15.9 Å². The van der Waals surface area contributed by atoms with E-state index in [4.69, 9.17) is 9.84 Å². The average molecular weight is 261 g/mol. The van der Waals surface area contributed by atoms with E-state index >= 15 is 0 Å². The molecular weight excluding hydrogens is 248 g/mol. The Labute approximate surface area is 91.5 Å². The summed E-state index contributed by atoms with van der Waals surface area (Å²) in [5.74, 6) is 0.593. The lowest BCUT2D eigenvalue weighted by atomic mass is 10.1. The van der Waals surface area contributed by atoms with Gasteiger partial charge in [0.15, 0.2) is 11.5 Å². The second-order valence-corrected chi connectivity index (χ2v) is 3.77. The van der Waals surface area contributed by atoms with Gasteiger partial charge in [-0.15, -0.1) is 0 Å². The van der Waals surface area contributed by atoms with Crippen LogP contribution in [0.3, 0.4) is 0 Å². The first-order valence-corrected chi connectivity index (χ1v) is 5.15. The van der Waals surface area contributed by atoms with Crippen LogP contribution < -0.4 is 4.74 Å². The van der Waals surface area contributed by atoms with Gasteiger partial charge in [-0.1, -0.05) is 6.07 Å². The van der Waals surface area contributed by atoms with Crippen LogP contribution in [-0.2, 0) is 6.42 Å². The van der Waals surface area contributed by atoms with Crippen molar-refractivity contribution in [2.45, 2.75) is 12.8 Å². The smallest absolute Gasteiger partial charge is 0.172 e. The largest absolute Gasteiger partial charge is 0.503 e. The molecule has 1 rings (SSSR count). The predicted octanol–water partition coefficient (Wildman–Crippen LogP) is 2.09. The van der Waals surface area contributed by atoms with E-state index in [1.807, 2.05) is 6.07 Å². The van der Waals surface area contributed by atoms with Crippen LogP contribution in [0.2, 0.25) is 0 Å². The van der Waals surface area contributed by atoms with Crippen LogP contribution in [0.25, 0.3) is 0 Å². The second kappa shape index (κ2) is 5.22. The number of aromatic hydroxyl groups is 1. The third-order valence-electron chi connectivity index (χ3n) is 1.97. The molecule has 1 aromatic carbocycles. The van der Waals surface area contributed by atoms with Crippen molar-refractivity contribution in [3.05, 3.63) is 22.2 Å². The number of phenols is 1. The van der Waals surface area contributed by atoms with Crippen molar-refractivity contribution in [1.29, 1.82) is 0 Å². The fraction of sp³-hybridized carbons (Fsp3) is 0.400. The average Bonchev–Trinajstić information content (AvgIpc) is 2.20. The van der Waals surface area contributed by atoms with Crippen LogP contribution in [0.15, 0.2) is 16.6 Å². The Morgan fingerprint density at radius 3 is 2.71 bits per heavy atom. The highest BCUT2D eigenvalue weighted by Gasteiger charge is 2.10. The molecule has 2 N–H and O–H groups in total. The van der Waals surface area contributed by atoms with E-state index in [9.17, 15) is 5.11 Å². The lowest BCUT2D eigenvalue weighted by Gasteiger charge is -2.10. The molecule has 0 fully saturated rings. The fourth-order valence-corrected chi connectivity index (χ4v) is 1.60. The molecule has 3 nitrogen and oxygen atoms in total. The monoisotopic (exact) mass is 260 g/mol. The highest BCUT2D eigenvalue weighted by atomic mass is 79.9. The second-order valence-electron chi connectivity index (χ2n) is 2.92. The maximum absolute atomic E-state index is 9.64. The third-order valence-corrected chi connectivity index (χ3v) is 2.61. The van der Waals surface area contributed by atoms with E-state index in [1.54, 1.807) is 6.07 Å².